The molecule has 4 rings (SSSR count). The Hall–Kier alpha value is -1.56. The van der Waals surface area contributed by atoms with E-state index in [9.17, 15) is 23.1 Å². The van der Waals surface area contributed by atoms with Gasteiger partial charge in [-0.1, -0.05) is 17.7 Å². The van der Waals surface area contributed by atoms with E-state index in [1.807, 2.05) is 4.90 Å². The van der Waals surface area contributed by atoms with Gasteiger partial charge in [0.05, 0.1) is 11.2 Å². The van der Waals surface area contributed by atoms with Gasteiger partial charge in [-0.15, -0.1) is 0 Å². The van der Waals surface area contributed by atoms with Crippen LogP contribution in [-0.4, -0.2) is 34.6 Å². The van der Waals surface area contributed by atoms with Crippen LogP contribution in [0.1, 0.15) is 49.3 Å². The fourth-order valence-corrected chi connectivity index (χ4v) is 5.36. The van der Waals surface area contributed by atoms with Crippen LogP contribution in [0, 0.1) is 24.2 Å². The van der Waals surface area contributed by atoms with E-state index in [1.165, 1.54) is 6.07 Å². The Kier molecular flexibility index (Phi) is 4.15. The van der Waals surface area contributed by atoms with Crippen LogP contribution >= 0.6 is 0 Å². The monoisotopic (exact) mass is 381 g/mol. The summed E-state index contributed by atoms with van der Waals surface area (Å²) >= 11 is 0. The van der Waals surface area contributed by atoms with Crippen molar-refractivity contribution in [1.29, 1.82) is 0 Å². The lowest BCUT2D eigenvalue weighted by Gasteiger charge is -2.60. The van der Waals surface area contributed by atoms with Gasteiger partial charge in [-0.3, -0.25) is 4.79 Å². The number of benzene rings is 1. The number of nitrogens with zero attached hydrogens (tertiary/aromatic N) is 1. The van der Waals surface area contributed by atoms with Crippen molar-refractivity contribution in [2.24, 2.45) is 17.3 Å². The number of aryl methyl sites for hydroxylation is 1. The van der Waals surface area contributed by atoms with Gasteiger partial charge in [-0.25, -0.2) is 0 Å². The standard InChI is InChI=1S/C21H26F3NO2/c1-13-3-4-15(17(5-13)21(22,23)24)6-14-7-20(8-14)11-25(12-20)18(26)16-9-19(2,27)10-16/h3-5,14,16,27H,6-12H2,1-2H3/t16-,19+. The van der Waals surface area contributed by atoms with E-state index in [1.54, 1.807) is 26.0 Å². The SMILES string of the molecule is Cc1ccc(CC2CC3(C2)CN(C(=O)[C@H]2C[C@@](C)(O)C2)C3)c(C(F)(F)F)c1. The van der Waals surface area contributed by atoms with Crippen molar-refractivity contribution < 1.29 is 23.1 Å². The van der Waals surface area contributed by atoms with Crippen molar-refractivity contribution in [3.8, 4) is 0 Å². The normalized spacial score (nSPS) is 29.9. The predicted molar refractivity (Wildman–Crippen MR) is 95.0 cm³/mol. The molecule has 27 heavy (non-hydrogen) atoms. The highest BCUT2D eigenvalue weighted by molar-refractivity contribution is 5.81. The van der Waals surface area contributed by atoms with E-state index in [0.717, 1.165) is 25.9 Å². The number of rotatable bonds is 3. The number of alkyl halides is 3. The summed E-state index contributed by atoms with van der Waals surface area (Å²) in [6.45, 7) is 4.88. The van der Waals surface area contributed by atoms with Crippen molar-refractivity contribution >= 4 is 5.91 Å². The Labute approximate surface area is 157 Å². The number of carbonyl (C=O) groups excluding carboxylic acids is 1. The first-order valence-electron chi connectivity index (χ1n) is 9.64. The molecule has 1 heterocycles. The molecule has 3 fully saturated rings. The first kappa shape index (κ1) is 18.8. The Morgan fingerprint density at radius 2 is 1.85 bits per heavy atom. The predicted octanol–water partition coefficient (Wildman–Crippen LogP) is 3.96. The summed E-state index contributed by atoms with van der Waals surface area (Å²) in [4.78, 5) is 14.2. The zero-order chi connectivity index (χ0) is 19.6. The molecule has 1 aromatic rings. The van der Waals surface area contributed by atoms with Gasteiger partial charge in [-0.05, 0) is 63.5 Å². The summed E-state index contributed by atoms with van der Waals surface area (Å²) in [5.41, 5.74) is -0.0771. The second-order valence-electron chi connectivity index (χ2n) is 9.43. The molecule has 3 nitrogen and oxygen atoms in total. The molecular formula is C21H26F3NO2. The molecule has 3 aliphatic rings. The minimum atomic E-state index is -4.31. The molecule has 1 aromatic carbocycles. The van der Waals surface area contributed by atoms with Gasteiger partial charge in [0.25, 0.3) is 0 Å². The van der Waals surface area contributed by atoms with E-state index < -0.39 is 17.3 Å². The fraction of sp³-hybridized carbons (Fsp3) is 0.667. The molecule has 0 aromatic heterocycles. The lowest BCUT2D eigenvalue weighted by Crippen LogP contribution is -2.66. The highest BCUT2D eigenvalue weighted by Crippen LogP contribution is 2.54. The number of halogens is 3. The second kappa shape index (κ2) is 5.97. The molecule has 6 heteroatoms. The van der Waals surface area contributed by atoms with Crippen LogP contribution < -0.4 is 0 Å². The Morgan fingerprint density at radius 3 is 2.41 bits per heavy atom. The minimum absolute atomic E-state index is 0.0601. The quantitative estimate of drug-likeness (QED) is 0.861. The average Bonchev–Trinajstić information content (AvgIpc) is 2.45. The summed E-state index contributed by atoms with van der Waals surface area (Å²) in [7, 11) is 0. The van der Waals surface area contributed by atoms with Crippen molar-refractivity contribution in [2.75, 3.05) is 13.1 Å². The van der Waals surface area contributed by atoms with Gasteiger partial charge < -0.3 is 10.0 Å². The Bertz CT molecular complexity index is 749. The summed E-state index contributed by atoms with van der Waals surface area (Å²) in [6, 6.07) is 4.60. The lowest BCUT2D eigenvalue weighted by molar-refractivity contribution is -0.171. The van der Waals surface area contributed by atoms with Crippen LogP contribution in [0.4, 0.5) is 13.2 Å². The number of carbonyl (C=O) groups is 1. The highest BCUT2D eigenvalue weighted by Gasteiger charge is 2.55. The van der Waals surface area contributed by atoms with Gasteiger partial charge >= 0.3 is 6.18 Å². The van der Waals surface area contributed by atoms with Crippen molar-refractivity contribution in [2.45, 2.75) is 57.7 Å². The van der Waals surface area contributed by atoms with Crippen molar-refractivity contribution in [1.82, 2.24) is 4.90 Å². The van der Waals surface area contributed by atoms with Gasteiger partial charge in [0.1, 0.15) is 0 Å². The fourth-order valence-electron chi connectivity index (χ4n) is 5.36. The molecule has 0 unspecified atom stereocenters. The zero-order valence-electron chi connectivity index (χ0n) is 15.8. The molecule has 2 aliphatic carbocycles. The number of amides is 1. The average molecular weight is 381 g/mol. The van der Waals surface area contributed by atoms with Crippen LogP contribution in [0.5, 0.6) is 0 Å². The smallest absolute Gasteiger partial charge is 0.390 e. The summed E-state index contributed by atoms with van der Waals surface area (Å²) < 4.78 is 39.8. The topological polar surface area (TPSA) is 40.5 Å². The lowest BCUT2D eigenvalue weighted by atomic mass is 9.56. The van der Waals surface area contributed by atoms with Gasteiger partial charge in [-0.2, -0.15) is 13.2 Å². The molecule has 148 valence electrons. The highest BCUT2D eigenvalue weighted by atomic mass is 19.4. The van der Waals surface area contributed by atoms with E-state index in [-0.39, 0.29) is 23.2 Å². The van der Waals surface area contributed by atoms with Crippen LogP contribution in [0.2, 0.25) is 0 Å². The van der Waals surface area contributed by atoms with Crippen molar-refractivity contribution in [3.05, 3.63) is 34.9 Å². The minimum Gasteiger partial charge on any atom is -0.390 e. The van der Waals surface area contributed by atoms with Crippen LogP contribution in [0.15, 0.2) is 18.2 Å². The molecule has 0 atom stereocenters. The molecule has 1 spiro atoms. The Morgan fingerprint density at radius 1 is 1.22 bits per heavy atom. The van der Waals surface area contributed by atoms with Gasteiger partial charge in [0.2, 0.25) is 5.91 Å². The third kappa shape index (κ3) is 3.48. The largest absolute Gasteiger partial charge is 0.416 e. The molecule has 1 amide bonds. The molecule has 1 N–H and O–H groups in total. The third-order valence-electron chi connectivity index (χ3n) is 6.61. The molecule has 2 saturated carbocycles. The van der Waals surface area contributed by atoms with E-state index >= 15 is 0 Å². The van der Waals surface area contributed by atoms with Crippen LogP contribution in [0.25, 0.3) is 0 Å². The number of hydrogen-bond acceptors (Lipinski definition) is 2. The summed E-state index contributed by atoms with van der Waals surface area (Å²) in [6.07, 6.45) is -1.01. The maximum atomic E-state index is 13.3. The van der Waals surface area contributed by atoms with Crippen LogP contribution in [-0.2, 0) is 17.4 Å². The molecule has 0 radical (unpaired) electrons. The third-order valence-corrected chi connectivity index (χ3v) is 6.61. The molecule has 1 aliphatic heterocycles. The summed E-state index contributed by atoms with van der Waals surface area (Å²) in [5, 5.41) is 9.79. The van der Waals surface area contributed by atoms with E-state index in [4.69, 9.17) is 0 Å². The molecule has 0 bridgehead atoms. The molecule has 1 saturated heterocycles. The maximum absolute atomic E-state index is 13.3. The summed E-state index contributed by atoms with van der Waals surface area (Å²) in [5.74, 6) is 0.333. The van der Waals surface area contributed by atoms with Crippen molar-refractivity contribution in [3.63, 3.8) is 0 Å². The van der Waals surface area contributed by atoms with E-state index in [0.29, 0.717) is 30.4 Å². The maximum Gasteiger partial charge on any atom is 0.416 e. The van der Waals surface area contributed by atoms with Gasteiger partial charge in [0.15, 0.2) is 0 Å². The first-order chi connectivity index (χ1) is 12.5. The number of aliphatic hydroxyl groups is 1. The number of likely N-dealkylation sites (tertiary alicyclic amines) is 1. The van der Waals surface area contributed by atoms with Crippen LogP contribution in [0.3, 0.4) is 0 Å². The molecular weight excluding hydrogens is 355 g/mol. The zero-order valence-corrected chi connectivity index (χ0v) is 15.8. The van der Waals surface area contributed by atoms with Gasteiger partial charge in [0, 0.05) is 24.4 Å². The second-order valence-corrected chi connectivity index (χ2v) is 9.43. The number of hydrogen-bond donors (Lipinski definition) is 1. The Balaban J connectivity index is 1.30. The first-order valence-corrected chi connectivity index (χ1v) is 9.64. The van der Waals surface area contributed by atoms with E-state index in [2.05, 4.69) is 0 Å².